The Balaban J connectivity index is 1.66. The molecule has 1 unspecified atom stereocenters. The molecule has 1 fully saturated rings. The fourth-order valence-electron chi connectivity index (χ4n) is 2.13. The number of rotatable bonds is 7. The van der Waals surface area contributed by atoms with Crippen molar-refractivity contribution < 1.29 is 18.3 Å². The number of amides is 2. The second-order valence-corrected chi connectivity index (χ2v) is 5.30. The Morgan fingerprint density at radius 3 is 2.57 bits per heavy atom. The van der Waals surface area contributed by atoms with Crippen LogP contribution in [0.25, 0.3) is 0 Å². The van der Waals surface area contributed by atoms with E-state index in [-0.39, 0.29) is 17.8 Å². The van der Waals surface area contributed by atoms with E-state index in [4.69, 9.17) is 0 Å². The van der Waals surface area contributed by atoms with Crippen molar-refractivity contribution in [1.29, 1.82) is 0 Å². The average molecular weight is 298 g/mol. The van der Waals surface area contributed by atoms with Gasteiger partial charge < -0.3 is 15.4 Å². The van der Waals surface area contributed by atoms with Gasteiger partial charge in [-0.1, -0.05) is 12.1 Å². The first-order valence-electron chi connectivity index (χ1n) is 7.12. The molecule has 0 saturated heterocycles. The van der Waals surface area contributed by atoms with Crippen molar-refractivity contribution in [3.63, 3.8) is 0 Å². The van der Waals surface area contributed by atoms with E-state index >= 15 is 0 Å². The maximum Gasteiger partial charge on any atom is 0.387 e. The van der Waals surface area contributed by atoms with Crippen LogP contribution in [0.3, 0.4) is 0 Å². The summed E-state index contributed by atoms with van der Waals surface area (Å²) in [6, 6.07) is 6.48. The van der Waals surface area contributed by atoms with Crippen LogP contribution in [0.15, 0.2) is 24.3 Å². The van der Waals surface area contributed by atoms with Crippen molar-refractivity contribution in [2.75, 3.05) is 6.54 Å². The largest absolute Gasteiger partial charge is 0.435 e. The minimum atomic E-state index is -2.81. The molecule has 4 nitrogen and oxygen atoms in total. The summed E-state index contributed by atoms with van der Waals surface area (Å²) < 4.78 is 28.3. The molecule has 21 heavy (non-hydrogen) atoms. The summed E-state index contributed by atoms with van der Waals surface area (Å²) in [6.45, 7) is -0.299. The van der Waals surface area contributed by atoms with Crippen LogP contribution in [-0.4, -0.2) is 25.2 Å². The second kappa shape index (κ2) is 7.24. The second-order valence-electron chi connectivity index (χ2n) is 5.30. The van der Waals surface area contributed by atoms with Crippen molar-refractivity contribution in [2.24, 2.45) is 5.92 Å². The van der Waals surface area contributed by atoms with Gasteiger partial charge in [0.05, 0.1) is 0 Å². The van der Waals surface area contributed by atoms with E-state index in [1.807, 2.05) is 6.92 Å². The van der Waals surface area contributed by atoms with Gasteiger partial charge in [-0.25, -0.2) is 4.79 Å². The van der Waals surface area contributed by atoms with Crippen molar-refractivity contribution in [3.8, 4) is 5.75 Å². The van der Waals surface area contributed by atoms with Crippen LogP contribution >= 0.6 is 0 Å². The highest BCUT2D eigenvalue weighted by molar-refractivity contribution is 5.74. The summed E-state index contributed by atoms with van der Waals surface area (Å²) in [4.78, 5) is 11.6. The molecule has 1 aliphatic carbocycles. The first-order chi connectivity index (χ1) is 10.0. The van der Waals surface area contributed by atoms with Gasteiger partial charge in [-0.05, 0) is 49.8 Å². The van der Waals surface area contributed by atoms with Crippen molar-refractivity contribution >= 4 is 6.03 Å². The molecule has 1 aliphatic rings. The van der Waals surface area contributed by atoms with Gasteiger partial charge in [0.25, 0.3) is 0 Å². The monoisotopic (exact) mass is 298 g/mol. The number of carbonyl (C=O) groups is 1. The molecule has 116 valence electrons. The molecule has 2 amide bonds. The highest BCUT2D eigenvalue weighted by Gasteiger charge is 2.28. The summed E-state index contributed by atoms with van der Waals surface area (Å²) in [6.07, 6.45) is 3.02. The number of urea groups is 1. The van der Waals surface area contributed by atoms with Crippen LogP contribution in [0.5, 0.6) is 5.75 Å². The third-order valence-electron chi connectivity index (χ3n) is 3.54. The fraction of sp³-hybridized carbons (Fsp3) is 0.533. The molecule has 0 radical (unpaired) electrons. The Kier molecular flexibility index (Phi) is 5.36. The van der Waals surface area contributed by atoms with Crippen LogP contribution in [0, 0.1) is 5.92 Å². The van der Waals surface area contributed by atoms with Crippen LogP contribution in [0.1, 0.15) is 25.3 Å². The van der Waals surface area contributed by atoms with Crippen LogP contribution < -0.4 is 15.4 Å². The topological polar surface area (TPSA) is 50.4 Å². The summed E-state index contributed by atoms with van der Waals surface area (Å²) >= 11 is 0. The highest BCUT2D eigenvalue weighted by Crippen LogP contribution is 2.32. The zero-order valence-electron chi connectivity index (χ0n) is 11.9. The lowest BCUT2D eigenvalue weighted by atomic mass is 10.1. The summed E-state index contributed by atoms with van der Waals surface area (Å²) in [7, 11) is 0. The van der Waals surface area contributed by atoms with E-state index in [0.717, 1.165) is 5.56 Å². The molecule has 1 saturated carbocycles. The Bertz CT molecular complexity index is 461. The number of hydrogen-bond acceptors (Lipinski definition) is 2. The van der Waals surface area contributed by atoms with Gasteiger partial charge in [-0.15, -0.1) is 0 Å². The number of carbonyl (C=O) groups excluding carboxylic acids is 1. The maximum absolute atomic E-state index is 12.0. The van der Waals surface area contributed by atoms with Gasteiger partial charge in [-0.2, -0.15) is 8.78 Å². The Morgan fingerprint density at radius 2 is 2.00 bits per heavy atom. The average Bonchev–Trinajstić information content (AvgIpc) is 3.24. The standard InChI is InChI=1S/C15H20F2N2O2/c1-10(12-4-5-12)19-15(20)18-9-8-11-2-6-13(7-3-11)21-14(16)17/h2-3,6-7,10,12,14H,4-5,8-9H2,1H3,(H2,18,19,20). The van der Waals surface area contributed by atoms with Gasteiger partial charge in [0, 0.05) is 12.6 Å². The van der Waals surface area contributed by atoms with Crippen LogP contribution in [0.2, 0.25) is 0 Å². The van der Waals surface area contributed by atoms with Gasteiger partial charge in [0.1, 0.15) is 5.75 Å². The number of hydrogen-bond donors (Lipinski definition) is 2. The lowest BCUT2D eigenvalue weighted by Gasteiger charge is -2.13. The van der Waals surface area contributed by atoms with E-state index in [0.29, 0.717) is 18.9 Å². The molecule has 0 aromatic heterocycles. The number of halogens is 2. The summed E-state index contributed by atoms with van der Waals surface area (Å²) in [5.74, 6) is 0.760. The predicted molar refractivity (Wildman–Crippen MR) is 75.5 cm³/mol. The van der Waals surface area contributed by atoms with Crippen LogP contribution in [0.4, 0.5) is 13.6 Å². The first kappa shape index (κ1) is 15.5. The van der Waals surface area contributed by atoms with Gasteiger partial charge in [0.15, 0.2) is 0 Å². The third-order valence-corrected chi connectivity index (χ3v) is 3.54. The molecule has 0 spiro atoms. The van der Waals surface area contributed by atoms with E-state index in [1.165, 1.54) is 25.0 Å². The van der Waals surface area contributed by atoms with Crippen molar-refractivity contribution in [1.82, 2.24) is 10.6 Å². The Labute approximate surface area is 122 Å². The molecule has 1 aromatic carbocycles. The lowest BCUT2D eigenvalue weighted by Crippen LogP contribution is -2.42. The van der Waals surface area contributed by atoms with Gasteiger partial charge in [-0.3, -0.25) is 0 Å². The van der Waals surface area contributed by atoms with E-state index < -0.39 is 6.61 Å². The molecule has 2 N–H and O–H groups in total. The summed E-state index contributed by atoms with van der Waals surface area (Å²) in [5, 5.41) is 5.70. The smallest absolute Gasteiger partial charge is 0.387 e. The summed E-state index contributed by atoms with van der Waals surface area (Å²) in [5.41, 5.74) is 0.951. The van der Waals surface area contributed by atoms with E-state index in [9.17, 15) is 13.6 Å². The minimum Gasteiger partial charge on any atom is -0.435 e. The SMILES string of the molecule is CC(NC(=O)NCCc1ccc(OC(F)F)cc1)C1CC1. The lowest BCUT2D eigenvalue weighted by molar-refractivity contribution is -0.0498. The maximum atomic E-state index is 12.0. The van der Waals surface area contributed by atoms with E-state index in [1.54, 1.807) is 12.1 Å². The quantitative estimate of drug-likeness (QED) is 0.813. The molecule has 2 rings (SSSR count). The first-order valence-corrected chi connectivity index (χ1v) is 7.12. The number of nitrogens with one attached hydrogen (secondary N) is 2. The Hall–Kier alpha value is -1.85. The fourth-order valence-corrected chi connectivity index (χ4v) is 2.13. The highest BCUT2D eigenvalue weighted by atomic mass is 19.3. The molecule has 0 aliphatic heterocycles. The normalized spacial score (nSPS) is 15.6. The molecular weight excluding hydrogens is 278 g/mol. The van der Waals surface area contributed by atoms with Gasteiger partial charge >= 0.3 is 12.6 Å². The molecule has 6 heteroatoms. The molecule has 0 bridgehead atoms. The number of benzene rings is 1. The van der Waals surface area contributed by atoms with E-state index in [2.05, 4.69) is 15.4 Å². The predicted octanol–water partition coefficient (Wildman–Crippen LogP) is 2.93. The van der Waals surface area contributed by atoms with Crippen molar-refractivity contribution in [2.45, 2.75) is 38.8 Å². The zero-order chi connectivity index (χ0) is 15.2. The number of alkyl halides is 2. The van der Waals surface area contributed by atoms with Gasteiger partial charge in [0.2, 0.25) is 0 Å². The van der Waals surface area contributed by atoms with Crippen LogP contribution in [-0.2, 0) is 6.42 Å². The molecule has 0 heterocycles. The molecular formula is C15H20F2N2O2. The molecule has 1 aromatic rings. The molecule has 1 atom stereocenters. The minimum absolute atomic E-state index is 0.137. The number of ether oxygens (including phenoxy) is 1. The van der Waals surface area contributed by atoms with Crippen molar-refractivity contribution in [3.05, 3.63) is 29.8 Å². The zero-order valence-corrected chi connectivity index (χ0v) is 11.9. The third kappa shape index (κ3) is 5.57. The Morgan fingerprint density at radius 1 is 1.33 bits per heavy atom.